The smallest absolute Gasteiger partial charge is 0.264 e. The summed E-state index contributed by atoms with van der Waals surface area (Å²) in [6.45, 7) is -0.528. The highest BCUT2D eigenvalue weighted by Crippen LogP contribution is 2.35. The number of rotatable bonds is 12. The molecule has 4 aromatic rings. The molecule has 4 rings (SSSR count). The monoisotopic (exact) mass is 605 g/mol. The lowest BCUT2D eigenvalue weighted by Gasteiger charge is -2.34. The zero-order chi connectivity index (χ0) is 30.1. The third-order valence-corrected chi connectivity index (χ3v) is 8.74. The van der Waals surface area contributed by atoms with Crippen LogP contribution in [0.3, 0.4) is 0 Å². The van der Waals surface area contributed by atoms with E-state index < -0.39 is 28.5 Å². The van der Waals surface area contributed by atoms with Crippen LogP contribution in [0.5, 0.6) is 5.75 Å². The largest absolute Gasteiger partial charge is 0.495 e. The number of carbonyl (C=O) groups is 2. The minimum absolute atomic E-state index is 0.0124. The van der Waals surface area contributed by atoms with Crippen molar-refractivity contribution in [3.05, 3.63) is 125 Å². The highest BCUT2D eigenvalue weighted by molar-refractivity contribution is 7.92. The lowest BCUT2D eigenvalue weighted by molar-refractivity contribution is -0.139. The van der Waals surface area contributed by atoms with Gasteiger partial charge in [0, 0.05) is 25.0 Å². The highest BCUT2D eigenvalue weighted by atomic mass is 35.5. The van der Waals surface area contributed by atoms with Crippen molar-refractivity contribution in [2.45, 2.75) is 23.9 Å². The van der Waals surface area contributed by atoms with E-state index in [1.54, 1.807) is 30.3 Å². The Morgan fingerprint density at radius 2 is 1.43 bits per heavy atom. The number of nitrogens with zero attached hydrogens (tertiary/aromatic N) is 2. The number of carbonyl (C=O) groups excluding carboxylic acids is 2. The Bertz CT molecular complexity index is 1600. The first-order chi connectivity index (χ1) is 20.2. The predicted octanol–water partition coefficient (Wildman–Crippen LogP) is 4.93. The molecule has 2 amide bonds. The molecule has 0 heterocycles. The molecule has 4 aromatic carbocycles. The molecule has 0 aliphatic rings. The quantitative estimate of drug-likeness (QED) is 0.247. The maximum Gasteiger partial charge on any atom is 0.264 e. The van der Waals surface area contributed by atoms with Crippen LogP contribution < -0.4 is 14.4 Å². The van der Waals surface area contributed by atoms with Crippen molar-refractivity contribution in [1.82, 2.24) is 10.2 Å². The van der Waals surface area contributed by atoms with E-state index in [-0.39, 0.29) is 40.2 Å². The second-order valence-corrected chi connectivity index (χ2v) is 11.8. The van der Waals surface area contributed by atoms with Crippen LogP contribution >= 0.6 is 11.6 Å². The molecule has 218 valence electrons. The normalized spacial score (nSPS) is 11.8. The maximum absolute atomic E-state index is 14.3. The van der Waals surface area contributed by atoms with Gasteiger partial charge in [0.1, 0.15) is 18.3 Å². The van der Waals surface area contributed by atoms with Crippen molar-refractivity contribution in [2.75, 3.05) is 25.0 Å². The van der Waals surface area contributed by atoms with Crippen LogP contribution in [0.2, 0.25) is 5.02 Å². The molecule has 8 nitrogen and oxygen atoms in total. The van der Waals surface area contributed by atoms with E-state index >= 15 is 0 Å². The van der Waals surface area contributed by atoms with E-state index in [1.165, 1.54) is 37.3 Å². The Balaban J connectivity index is 1.82. The van der Waals surface area contributed by atoms with Crippen molar-refractivity contribution in [3.63, 3.8) is 0 Å². The lowest BCUT2D eigenvalue weighted by atomic mass is 10.0. The van der Waals surface area contributed by atoms with Gasteiger partial charge in [0.25, 0.3) is 10.0 Å². The van der Waals surface area contributed by atoms with Crippen LogP contribution in [-0.2, 0) is 32.6 Å². The number of ether oxygens (including phenoxy) is 1. The average Bonchev–Trinajstić information content (AvgIpc) is 3.02. The van der Waals surface area contributed by atoms with E-state index in [0.717, 1.165) is 15.4 Å². The van der Waals surface area contributed by atoms with Gasteiger partial charge < -0.3 is 15.0 Å². The molecule has 1 N–H and O–H groups in total. The van der Waals surface area contributed by atoms with Gasteiger partial charge in [-0.2, -0.15) is 0 Å². The summed E-state index contributed by atoms with van der Waals surface area (Å²) in [5, 5.41) is 2.93. The van der Waals surface area contributed by atoms with E-state index in [9.17, 15) is 18.0 Å². The summed E-state index contributed by atoms with van der Waals surface area (Å²) >= 11 is 6.30. The molecule has 10 heteroatoms. The molecule has 42 heavy (non-hydrogen) atoms. The third-order valence-electron chi connectivity index (χ3n) is 6.73. The van der Waals surface area contributed by atoms with Crippen LogP contribution in [0.15, 0.2) is 114 Å². The summed E-state index contributed by atoms with van der Waals surface area (Å²) in [6, 6.07) is 30.0. The van der Waals surface area contributed by atoms with Crippen LogP contribution in [0, 0.1) is 0 Å². The molecule has 0 aromatic heterocycles. The first kappa shape index (κ1) is 30.6. The number of benzene rings is 4. The number of anilines is 1. The van der Waals surface area contributed by atoms with Crippen molar-refractivity contribution < 1.29 is 22.7 Å². The van der Waals surface area contributed by atoms with Gasteiger partial charge in [0.15, 0.2) is 0 Å². The Hall–Kier alpha value is -4.34. The molecule has 0 aliphatic heterocycles. The van der Waals surface area contributed by atoms with Crippen LogP contribution in [0.25, 0.3) is 0 Å². The van der Waals surface area contributed by atoms with Gasteiger partial charge in [-0.3, -0.25) is 13.9 Å². The molecule has 0 saturated carbocycles. The van der Waals surface area contributed by atoms with Crippen molar-refractivity contribution in [2.24, 2.45) is 0 Å². The number of halogens is 1. The summed E-state index contributed by atoms with van der Waals surface area (Å²) < 4.78 is 34.6. The number of hydrogen-bond acceptors (Lipinski definition) is 5. The van der Waals surface area contributed by atoms with Gasteiger partial charge in [-0.15, -0.1) is 0 Å². The van der Waals surface area contributed by atoms with Gasteiger partial charge >= 0.3 is 0 Å². The number of nitrogens with one attached hydrogen (secondary N) is 1. The molecule has 0 fully saturated rings. The van der Waals surface area contributed by atoms with E-state index in [4.69, 9.17) is 16.3 Å². The fraction of sp³-hybridized carbons (Fsp3) is 0.188. The van der Waals surface area contributed by atoms with Gasteiger partial charge in [0.05, 0.1) is 17.7 Å². The van der Waals surface area contributed by atoms with Crippen LogP contribution in [-0.4, -0.2) is 51.9 Å². The average molecular weight is 606 g/mol. The molecule has 0 bridgehead atoms. The van der Waals surface area contributed by atoms with E-state index in [1.807, 2.05) is 60.7 Å². The van der Waals surface area contributed by atoms with Gasteiger partial charge in [-0.05, 0) is 41.5 Å². The standard InChI is InChI=1S/C32H32ClN3O5S/c1-34-32(38)29(20-24-12-6-3-7-13-24)35(22-25-14-8-4-9-15-25)31(37)23-36(28-21-26(33)18-19-30(28)41-2)42(39,40)27-16-10-5-11-17-27/h3-19,21,29H,20,22-23H2,1-2H3,(H,34,38)/t29-/m1/s1. The maximum atomic E-state index is 14.3. The summed E-state index contributed by atoms with van der Waals surface area (Å²) in [4.78, 5) is 29.0. The fourth-order valence-corrected chi connectivity index (χ4v) is 6.20. The molecule has 1 atom stereocenters. The zero-order valence-corrected chi connectivity index (χ0v) is 24.9. The Morgan fingerprint density at radius 1 is 0.857 bits per heavy atom. The summed E-state index contributed by atoms with van der Waals surface area (Å²) in [6.07, 6.45) is 0.227. The molecule has 0 spiro atoms. The highest BCUT2D eigenvalue weighted by Gasteiger charge is 2.35. The molecular formula is C32H32ClN3O5S. The molecular weight excluding hydrogens is 574 g/mol. The number of methoxy groups -OCH3 is 1. The number of sulfonamides is 1. The first-order valence-corrected chi connectivity index (χ1v) is 15.1. The summed E-state index contributed by atoms with van der Waals surface area (Å²) in [5.74, 6) is -0.737. The lowest BCUT2D eigenvalue weighted by Crippen LogP contribution is -2.53. The van der Waals surface area contributed by atoms with Gasteiger partial charge in [-0.1, -0.05) is 90.5 Å². The van der Waals surface area contributed by atoms with Crippen LogP contribution in [0.1, 0.15) is 11.1 Å². The van der Waals surface area contributed by atoms with Gasteiger partial charge in [0.2, 0.25) is 11.8 Å². The summed E-state index contributed by atoms with van der Waals surface area (Å²) in [7, 11) is -1.35. The predicted molar refractivity (Wildman–Crippen MR) is 164 cm³/mol. The second-order valence-electron chi connectivity index (χ2n) is 9.47. The van der Waals surface area contributed by atoms with E-state index in [0.29, 0.717) is 0 Å². The first-order valence-electron chi connectivity index (χ1n) is 13.2. The number of hydrogen-bond donors (Lipinski definition) is 1. The minimum atomic E-state index is -4.27. The second kappa shape index (κ2) is 14.0. The number of likely N-dealkylation sites (N-methyl/N-ethyl adjacent to an activating group) is 1. The van der Waals surface area contributed by atoms with Crippen molar-refractivity contribution >= 4 is 39.1 Å². The van der Waals surface area contributed by atoms with Crippen molar-refractivity contribution in [3.8, 4) is 5.75 Å². The number of amides is 2. The molecule has 0 saturated heterocycles. The molecule has 0 aliphatic carbocycles. The summed E-state index contributed by atoms with van der Waals surface area (Å²) in [5.41, 5.74) is 1.73. The van der Waals surface area contributed by atoms with Gasteiger partial charge in [-0.25, -0.2) is 8.42 Å². The molecule has 0 radical (unpaired) electrons. The Morgan fingerprint density at radius 3 is 2.00 bits per heavy atom. The Labute approximate surface area is 251 Å². The Kier molecular flexibility index (Phi) is 10.2. The minimum Gasteiger partial charge on any atom is -0.495 e. The topological polar surface area (TPSA) is 96.0 Å². The van der Waals surface area contributed by atoms with Crippen molar-refractivity contribution in [1.29, 1.82) is 0 Å². The van der Waals surface area contributed by atoms with E-state index in [2.05, 4.69) is 5.32 Å². The zero-order valence-electron chi connectivity index (χ0n) is 23.3. The SMILES string of the molecule is CNC(=O)[C@@H](Cc1ccccc1)N(Cc1ccccc1)C(=O)CN(c1cc(Cl)ccc1OC)S(=O)(=O)c1ccccc1. The third kappa shape index (κ3) is 7.29. The van der Waals surface area contributed by atoms with Crippen LogP contribution in [0.4, 0.5) is 5.69 Å². The fourth-order valence-electron chi connectivity index (χ4n) is 4.59. The molecule has 0 unspecified atom stereocenters.